The summed E-state index contributed by atoms with van der Waals surface area (Å²) in [6.07, 6.45) is 0.353. The Morgan fingerprint density at radius 1 is 1.32 bits per heavy atom. The Balaban J connectivity index is 2.02. The van der Waals surface area contributed by atoms with E-state index in [1.54, 1.807) is 4.90 Å². The lowest BCUT2D eigenvalue weighted by atomic mass is 9.99. The maximum Gasteiger partial charge on any atom is 0.308 e. The molecule has 1 saturated heterocycles. The Labute approximate surface area is 113 Å². The number of carbonyl (C=O) groups is 2. The molecule has 1 heterocycles. The zero-order valence-corrected chi connectivity index (χ0v) is 11.3. The molecule has 1 aromatic carbocycles. The van der Waals surface area contributed by atoms with Gasteiger partial charge in [0.05, 0.1) is 12.3 Å². The Kier molecular flexibility index (Phi) is 3.88. The fraction of sp³-hybridized carbons (Fsp3) is 0.467. The number of aryl methyl sites for hydroxylation is 1. The van der Waals surface area contributed by atoms with Crippen LogP contribution in [0, 0.1) is 18.8 Å². The number of nitrogens with zero attached hydrogens (tertiary/aromatic N) is 1. The summed E-state index contributed by atoms with van der Waals surface area (Å²) in [5.41, 5.74) is 2.11. The van der Waals surface area contributed by atoms with Gasteiger partial charge >= 0.3 is 5.97 Å². The van der Waals surface area contributed by atoms with Crippen LogP contribution in [0.1, 0.15) is 18.1 Å². The highest BCUT2D eigenvalue weighted by atomic mass is 16.4. The van der Waals surface area contributed by atoms with Crippen LogP contribution in [0.4, 0.5) is 0 Å². The second kappa shape index (κ2) is 5.43. The summed E-state index contributed by atoms with van der Waals surface area (Å²) in [5, 5.41) is 9.08. The first-order valence-corrected chi connectivity index (χ1v) is 6.54. The van der Waals surface area contributed by atoms with Gasteiger partial charge in [-0.3, -0.25) is 9.59 Å². The van der Waals surface area contributed by atoms with Crippen molar-refractivity contribution in [2.45, 2.75) is 20.3 Å². The number of hydrogen-bond acceptors (Lipinski definition) is 2. The molecule has 4 nitrogen and oxygen atoms in total. The van der Waals surface area contributed by atoms with Gasteiger partial charge in [0.15, 0.2) is 0 Å². The summed E-state index contributed by atoms with van der Waals surface area (Å²) in [6.45, 7) is 4.75. The van der Waals surface area contributed by atoms with E-state index in [0.717, 1.165) is 11.1 Å². The van der Waals surface area contributed by atoms with Crippen molar-refractivity contribution in [2.24, 2.45) is 11.8 Å². The van der Waals surface area contributed by atoms with Gasteiger partial charge in [-0.1, -0.05) is 31.2 Å². The van der Waals surface area contributed by atoms with Crippen LogP contribution in [0.25, 0.3) is 0 Å². The van der Waals surface area contributed by atoms with Gasteiger partial charge in [-0.2, -0.15) is 0 Å². The summed E-state index contributed by atoms with van der Waals surface area (Å²) in [4.78, 5) is 24.9. The molecule has 4 heteroatoms. The van der Waals surface area contributed by atoms with E-state index in [1.165, 1.54) is 0 Å². The molecular formula is C15H19NO3. The molecule has 19 heavy (non-hydrogen) atoms. The van der Waals surface area contributed by atoms with Crippen molar-refractivity contribution in [3.05, 3.63) is 35.4 Å². The van der Waals surface area contributed by atoms with E-state index in [2.05, 4.69) is 0 Å². The van der Waals surface area contributed by atoms with E-state index in [4.69, 9.17) is 5.11 Å². The topological polar surface area (TPSA) is 57.6 Å². The third kappa shape index (κ3) is 2.95. The Bertz CT molecular complexity index is 498. The van der Waals surface area contributed by atoms with Gasteiger partial charge in [0.1, 0.15) is 0 Å². The van der Waals surface area contributed by atoms with Crippen LogP contribution in [0.2, 0.25) is 0 Å². The van der Waals surface area contributed by atoms with Gasteiger partial charge in [0.25, 0.3) is 0 Å². The molecule has 0 spiro atoms. The number of amides is 1. The van der Waals surface area contributed by atoms with Crippen LogP contribution < -0.4 is 0 Å². The second-order valence-corrected chi connectivity index (χ2v) is 5.32. The third-order valence-electron chi connectivity index (χ3n) is 3.89. The largest absolute Gasteiger partial charge is 0.481 e. The first kappa shape index (κ1) is 13.6. The molecule has 0 radical (unpaired) electrons. The predicted molar refractivity (Wildman–Crippen MR) is 71.8 cm³/mol. The number of carbonyl (C=O) groups excluding carboxylic acids is 1. The highest BCUT2D eigenvalue weighted by molar-refractivity contribution is 5.81. The van der Waals surface area contributed by atoms with Crippen molar-refractivity contribution >= 4 is 11.9 Å². The third-order valence-corrected chi connectivity index (χ3v) is 3.89. The SMILES string of the molecule is Cc1ccccc1CC(=O)N1CC(C)C(C(=O)O)C1. The maximum atomic E-state index is 12.2. The molecule has 1 aliphatic rings. The highest BCUT2D eigenvalue weighted by Crippen LogP contribution is 2.24. The minimum atomic E-state index is -0.807. The van der Waals surface area contributed by atoms with Crippen molar-refractivity contribution in [3.8, 4) is 0 Å². The summed E-state index contributed by atoms with van der Waals surface area (Å²) in [6, 6.07) is 7.79. The first-order chi connectivity index (χ1) is 8.99. The Morgan fingerprint density at radius 2 is 2.00 bits per heavy atom. The summed E-state index contributed by atoms with van der Waals surface area (Å²) in [7, 11) is 0. The van der Waals surface area contributed by atoms with Crippen LogP contribution in [0.15, 0.2) is 24.3 Å². The highest BCUT2D eigenvalue weighted by Gasteiger charge is 2.36. The van der Waals surface area contributed by atoms with E-state index in [-0.39, 0.29) is 11.8 Å². The van der Waals surface area contributed by atoms with Crippen molar-refractivity contribution in [3.63, 3.8) is 0 Å². The average molecular weight is 261 g/mol. The van der Waals surface area contributed by atoms with Gasteiger partial charge in [-0.05, 0) is 24.0 Å². The molecular weight excluding hydrogens is 242 g/mol. The van der Waals surface area contributed by atoms with E-state index in [1.807, 2.05) is 38.1 Å². The molecule has 0 saturated carbocycles. The van der Waals surface area contributed by atoms with Gasteiger partial charge in [-0.25, -0.2) is 0 Å². The molecule has 0 aromatic heterocycles. The Morgan fingerprint density at radius 3 is 2.58 bits per heavy atom. The zero-order chi connectivity index (χ0) is 14.0. The van der Waals surface area contributed by atoms with Crippen LogP contribution in [-0.4, -0.2) is 35.0 Å². The molecule has 0 bridgehead atoms. The van der Waals surface area contributed by atoms with Crippen LogP contribution in [0.3, 0.4) is 0 Å². The lowest BCUT2D eigenvalue weighted by Crippen LogP contribution is -2.31. The molecule has 2 atom stereocenters. The molecule has 2 rings (SSSR count). The van der Waals surface area contributed by atoms with Gasteiger partial charge in [0, 0.05) is 13.1 Å². The molecule has 1 fully saturated rings. The van der Waals surface area contributed by atoms with E-state index < -0.39 is 11.9 Å². The molecule has 1 aliphatic heterocycles. The van der Waals surface area contributed by atoms with E-state index in [9.17, 15) is 9.59 Å². The number of aliphatic carboxylic acids is 1. The van der Waals surface area contributed by atoms with Crippen molar-refractivity contribution in [2.75, 3.05) is 13.1 Å². The minimum Gasteiger partial charge on any atom is -0.481 e. The average Bonchev–Trinajstić information content (AvgIpc) is 2.74. The minimum absolute atomic E-state index is 0.0184. The number of hydrogen-bond donors (Lipinski definition) is 1. The van der Waals surface area contributed by atoms with Crippen molar-refractivity contribution < 1.29 is 14.7 Å². The van der Waals surface area contributed by atoms with Crippen molar-refractivity contribution in [1.29, 1.82) is 0 Å². The second-order valence-electron chi connectivity index (χ2n) is 5.32. The number of carboxylic acid groups (broad SMARTS) is 1. The van der Waals surface area contributed by atoms with E-state index in [0.29, 0.717) is 19.5 Å². The molecule has 2 unspecified atom stereocenters. The van der Waals surface area contributed by atoms with Crippen molar-refractivity contribution in [1.82, 2.24) is 4.90 Å². The first-order valence-electron chi connectivity index (χ1n) is 6.54. The predicted octanol–water partition coefficient (Wildman–Crippen LogP) is 1.72. The molecule has 0 aliphatic carbocycles. The van der Waals surface area contributed by atoms with Gasteiger partial charge in [-0.15, -0.1) is 0 Å². The fourth-order valence-corrected chi connectivity index (χ4v) is 2.58. The van der Waals surface area contributed by atoms with Crippen LogP contribution in [-0.2, 0) is 16.0 Å². The number of rotatable bonds is 3. The molecule has 1 N–H and O–H groups in total. The van der Waals surface area contributed by atoms with Gasteiger partial charge < -0.3 is 10.0 Å². The number of benzene rings is 1. The summed E-state index contributed by atoms with van der Waals surface area (Å²) < 4.78 is 0. The molecule has 102 valence electrons. The van der Waals surface area contributed by atoms with Gasteiger partial charge in [0.2, 0.25) is 5.91 Å². The monoisotopic (exact) mass is 261 g/mol. The molecule has 1 aromatic rings. The van der Waals surface area contributed by atoms with Crippen LogP contribution >= 0.6 is 0 Å². The number of likely N-dealkylation sites (tertiary alicyclic amines) is 1. The quantitative estimate of drug-likeness (QED) is 0.901. The fourth-order valence-electron chi connectivity index (χ4n) is 2.58. The van der Waals surface area contributed by atoms with Crippen LogP contribution in [0.5, 0.6) is 0 Å². The lowest BCUT2D eigenvalue weighted by molar-refractivity contribution is -0.142. The zero-order valence-electron chi connectivity index (χ0n) is 11.3. The standard InChI is InChI=1S/C15H19NO3/c1-10-5-3-4-6-12(10)7-14(17)16-8-11(2)13(9-16)15(18)19/h3-6,11,13H,7-9H2,1-2H3,(H,18,19). The maximum absolute atomic E-state index is 12.2. The number of carboxylic acids is 1. The normalized spacial score (nSPS) is 22.5. The molecule has 1 amide bonds. The summed E-state index contributed by atoms with van der Waals surface area (Å²) in [5.74, 6) is -1.19. The lowest BCUT2D eigenvalue weighted by Gasteiger charge is -2.16. The van der Waals surface area contributed by atoms with E-state index >= 15 is 0 Å². The summed E-state index contributed by atoms with van der Waals surface area (Å²) >= 11 is 0. The Hall–Kier alpha value is -1.84. The smallest absolute Gasteiger partial charge is 0.308 e.